The van der Waals surface area contributed by atoms with Gasteiger partial charge in [0.15, 0.2) is 5.78 Å². The van der Waals surface area contributed by atoms with E-state index in [-0.39, 0.29) is 35.9 Å². The van der Waals surface area contributed by atoms with Crippen LogP contribution in [0.1, 0.15) is 64.7 Å². The Bertz CT molecular complexity index is 1060. The molecule has 0 amide bonds. The second-order valence-electron chi connectivity index (χ2n) is 12.0. The van der Waals surface area contributed by atoms with E-state index >= 15 is 0 Å². The van der Waals surface area contributed by atoms with Gasteiger partial charge in [0.1, 0.15) is 16.6 Å². The Hall–Kier alpha value is -1.89. The summed E-state index contributed by atoms with van der Waals surface area (Å²) in [5.74, 6) is 2.72. The number of Topliss-reactive ketones (excluding diaryl/α,β-unsaturated/α-hetero) is 1. The zero-order valence-electron chi connectivity index (χ0n) is 19.9. The molecule has 0 radical (unpaired) electrons. The molecule has 0 spiro atoms. The summed E-state index contributed by atoms with van der Waals surface area (Å²) in [5.41, 5.74) is -0.132. The normalized spacial score (nSPS) is 41.8. The number of fused-ring (bicyclic) bond motifs is 6. The zero-order valence-corrected chi connectivity index (χ0v) is 19.9. The summed E-state index contributed by atoms with van der Waals surface area (Å²) in [7, 11) is 0. The Morgan fingerprint density at radius 1 is 1.12 bits per heavy atom. The van der Waals surface area contributed by atoms with Gasteiger partial charge in [0, 0.05) is 12.1 Å². The van der Waals surface area contributed by atoms with Crippen LogP contribution in [-0.2, 0) is 11.3 Å². The van der Waals surface area contributed by atoms with Crippen molar-refractivity contribution < 1.29 is 18.7 Å². The Morgan fingerprint density at radius 2 is 1.94 bits per heavy atom. The molecule has 184 valence electrons. The molecular formula is C27H35F2N3O2. The van der Waals surface area contributed by atoms with Gasteiger partial charge < -0.3 is 5.11 Å². The SMILES string of the molecule is CC12CCC3C4CCC(O)(C(F)F)CC4CCC3C1CCC2C(=O)Cn1cc2ncccc2n1. The van der Waals surface area contributed by atoms with E-state index in [1.54, 1.807) is 10.9 Å². The van der Waals surface area contributed by atoms with E-state index in [0.29, 0.717) is 30.2 Å². The summed E-state index contributed by atoms with van der Waals surface area (Å²) in [5, 5.41) is 15.0. The molecule has 6 rings (SSSR count). The van der Waals surface area contributed by atoms with Gasteiger partial charge in [0.2, 0.25) is 0 Å². The lowest BCUT2D eigenvalue weighted by Crippen LogP contribution is -2.53. The molecule has 8 unspecified atom stereocenters. The molecule has 2 heterocycles. The summed E-state index contributed by atoms with van der Waals surface area (Å²) < 4.78 is 28.7. The van der Waals surface area contributed by atoms with Crippen molar-refractivity contribution in [3.05, 3.63) is 24.5 Å². The molecule has 4 aliphatic carbocycles. The maximum atomic E-state index is 13.5. The Balaban J connectivity index is 1.17. The van der Waals surface area contributed by atoms with Crippen LogP contribution in [0.2, 0.25) is 0 Å². The third-order valence-corrected chi connectivity index (χ3v) is 10.5. The van der Waals surface area contributed by atoms with Crippen LogP contribution in [0.15, 0.2) is 24.5 Å². The fraction of sp³-hybridized carbons (Fsp3) is 0.741. The van der Waals surface area contributed by atoms with Crippen molar-refractivity contribution in [2.24, 2.45) is 40.9 Å². The number of pyridine rings is 1. The van der Waals surface area contributed by atoms with Crippen molar-refractivity contribution in [2.75, 3.05) is 0 Å². The monoisotopic (exact) mass is 471 g/mol. The van der Waals surface area contributed by atoms with Crippen LogP contribution >= 0.6 is 0 Å². The quantitative estimate of drug-likeness (QED) is 0.660. The smallest absolute Gasteiger partial charge is 0.266 e. The minimum atomic E-state index is -2.65. The number of aliphatic hydroxyl groups is 1. The van der Waals surface area contributed by atoms with Crippen LogP contribution in [0.3, 0.4) is 0 Å². The van der Waals surface area contributed by atoms with Gasteiger partial charge in [-0.15, -0.1) is 0 Å². The molecular weight excluding hydrogens is 436 g/mol. The first kappa shape index (κ1) is 22.6. The third kappa shape index (κ3) is 3.44. The molecule has 0 aromatic carbocycles. The van der Waals surface area contributed by atoms with Crippen LogP contribution in [0, 0.1) is 40.9 Å². The number of hydrogen-bond acceptors (Lipinski definition) is 4. The summed E-state index contributed by atoms with van der Waals surface area (Å²) in [6.45, 7) is 2.64. The summed E-state index contributed by atoms with van der Waals surface area (Å²) in [6, 6.07) is 3.78. The molecule has 7 heteroatoms. The molecule has 2 aromatic rings. The van der Waals surface area contributed by atoms with Crippen LogP contribution in [0.25, 0.3) is 11.0 Å². The van der Waals surface area contributed by atoms with Crippen molar-refractivity contribution in [3.8, 4) is 0 Å². The lowest BCUT2D eigenvalue weighted by molar-refractivity contribution is -0.160. The van der Waals surface area contributed by atoms with Crippen LogP contribution in [0.5, 0.6) is 0 Å². The number of nitrogens with zero attached hydrogens (tertiary/aromatic N) is 3. The number of hydrogen-bond donors (Lipinski definition) is 1. The van der Waals surface area contributed by atoms with Crippen LogP contribution < -0.4 is 0 Å². The molecule has 2 aromatic heterocycles. The highest BCUT2D eigenvalue weighted by Gasteiger charge is 2.59. The number of rotatable bonds is 4. The fourth-order valence-corrected chi connectivity index (χ4v) is 8.89. The Labute approximate surface area is 199 Å². The Kier molecular flexibility index (Phi) is 5.36. The van der Waals surface area contributed by atoms with E-state index in [2.05, 4.69) is 17.0 Å². The molecule has 4 saturated carbocycles. The van der Waals surface area contributed by atoms with Crippen molar-refractivity contribution in [2.45, 2.75) is 83.3 Å². The van der Waals surface area contributed by atoms with Gasteiger partial charge in [-0.2, -0.15) is 5.10 Å². The largest absolute Gasteiger partial charge is 0.384 e. The van der Waals surface area contributed by atoms with E-state index in [1.165, 1.54) is 0 Å². The highest BCUT2D eigenvalue weighted by Crippen LogP contribution is 2.65. The van der Waals surface area contributed by atoms with E-state index in [0.717, 1.165) is 56.0 Å². The first-order valence-electron chi connectivity index (χ1n) is 13.1. The molecule has 0 bridgehead atoms. The number of halogens is 2. The second-order valence-corrected chi connectivity index (χ2v) is 12.0. The van der Waals surface area contributed by atoms with Gasteiger partial charge in [-0.1, -0.05) is 6.92 Å². The number of alkyl halides is 2. The van der Waals surface area contributed by atoms with Gasteiger partial charge in [-0.25, -0.2) is 8.78 Å². The van der Waals surface area contributed by atoms with Gasteiger partial charge in [0.05, 0.1) is 12.7 Å². The standard InChI is InChI=1S/C27H35F2N3O2/c1-26-10-8-18-17-9-11-27(34,25(28)29)13-16(17)4-5-19(18)20(26)6-7-21(26)24(33)15-32-14-23-22(31-32)3-2-12-30-23/h2-3,12,14,16-21,25,34H,4-11,13,15H2,1H3. The van der Waals surface area contributed by atoms with E-state index in [1.807, 2.05) is 18.3 Å². The first-order chi connectivity index (χ1) is 16.3. The molecule has 1 N–H and O–H groups in total. The van der Waals surface area contributed by atoms with Gasteiger partial charge >= 0.3 is 0 Å². The molecule has 34 heavy (non-hydrogen) atoms. The van der Waals surface area contributed by atoms with Crippen LogP contribution in [-0.4, -0.2) is 37.7 Å². The van der Waals surface area contributed by atoms with Crippen molar-refractivity contribution in [1.29, 1.82) is 0 Å². The minimum absolute atomic E-state index is 0.0221. The van der Waals surface area contributed by atoms with Gasteiger partial charge in [-0.3, -0.25) is 14.5 Å². The predicted octanol–water partition coefficient (Wildman–Crippen LogP) is 5.27. The highest BCUT2D eigenvalue weighted by molar-refractivity contribution is 5.82. The summed E-state index contributed by atoms with van der Waals surface area (Å²) >= 11 is 0. The Morgan fingerprint density at radius 3 is 2.74 bits per heavy atom. The second kappa shape index (κ2) is 8.07. The fourth-order valence-electron chi connectivity index (χ4n) is 8.89. The number of aromatic nitrogens is 3. The minimum Gasteiger partial charge on any atom is -0.384 e. The predicted molar refractivity (Wildman–Crippen MR) is 124 cm³/mol. The maximum absolute atomic E-state index is 13.5. The lowest BCUT2D eigenvalue weighted by Gasteiger charge is -2.57. The number of carbonyl (C=O) groups is 1. The van der Waals surface area contributed by atoms with Crippen molar-refractivity contribution in [1.82, 2.24) is 14.8 Å². The third-order valence-electron chi connectivity index (χ3n) is 10.5. The van der Waals surface area contributed by atoms with Crippen molar-refractivity contribution in [3.63, 3.8) is 0 Å². The number of ketones is 1. The summed E-state index contributed by atoms with van der Waals surface area (Å²) in [6.07, 6.45) is 8.34. The molecule has 4 fully saturated rings. The highest BCUT2D eigenvalue weighted by atomic mass is 19.3. The zero-order chi connectivity index (χ0) is 23.7. The number of carbonyl (C=O) groups excluding carboxylic acids is 1. The molecule has 5 nitrogen and oxygen atoms in total. The maximum Gasteiger partial charge on any atom is 0.266 e. The van der Waals surface area contributed by atoms with Gasteiger partial charge in [0.25, 0.3) is 6.43 Å². The molecule has 0 aliphatic heterocycles. The first-order valence-corrected chi connectivity index (χ1v) is 13.1. The molecule has 8 atom stereocenters. The summed E-state index contributed by atoms with van der Waals surface area (Å²) in [4.78, 5) is 17.8. The van der Waals surface area contributed by atoms with Crippen LogP contribution in [0.4, 0.5) is 8.78 Å². The average molecular weight is 472 g/mol. The molecule has 4 aliphatic rings. The molecule has 0 saturated heterocycles. The van der Waals surface area contributed by atoms with E-state index < -0.39 is 12.0 Å². The average Bonchev–Trinajstić information content (AvgIpc) is 3.38. The van der Waals surface area contributed by atoms with E-state index in [4.69, 9.17) is 0 Å². The lowest BCUT2D eigenvalue weighted by atomic mass is 9.49. The van der Waals surface area contributed by atoms with Gasteiger partial charge in [-0.05, 0) is 105 Å². The topological polar surface area (TPSA) is 68.0 Å². The van der Waals surface area contributed by atoms with E-state index in [9.17, 15) is 18.7 Å². The van der Waals surface area contributed by atoms with Crippen molar-refractivity contribution >= 4 is 16.8 Å².